The Bertz CT molecular complexity index is 587. The normalized spacial score (nSPS) is 13.0. The molecule has 0 aliphatic heterocycles. The number of hydrogen-bond donors (Lipinski definition) is 0. The van der Waals surface area contributed by atoms with Crippen molar-refractivity contribution in [3.63, 3.8) is 0 Å². The van der Waals surface area contributed by atoms with Crippen LogP contribution < -0.4 is 0 Å². The van der Waals surface area contributed by atoms with Crippen LogP contribution in [0.1, 0.15) is 11.5 Å². The molecule has 0 amide bonds. The van der Waals surface area contributed by atoms with E-state index in [2.05, 4.69) is 9.97 Å². The molecule has 0 saturated heterocycles. The molecule has 0 bridgehead atoms. The number of fused-ring (bicyclic) bond motifs is 1. The third-order valence-electron chi connectivity index (χ3n) is 2.13. The van der Waals surface area contributed by atoms with Gasteiger partial charge in [-0.15, -0.1) is 0 Å². The van der Waals surface area contributed by atoms with E-state index in [1.165, 1.54) is 0 Å². The Morgan fingerprint density at radius 3 is 1.94 bits per heavy atom. The van der Waals surface area contributed by atoms with Crippen LogP contribution in [0.5, 0.6) is 0 Å². The van der Waals surface area contributed by atoms with Gasteiger partial charge < -0.3 is 0 Å². The minimum atomic E-state index is -1.78. The Balaban J connectivity index is 2.81. The molecule has 0 aliphatic carbocycles. The summed E-state index contributed by atoms with van der Waals surface area (Å²) in [4.78, 5) is 8.18. The summed E-state index contributed by atoms with van der Waals surface area (Å²) in [5.74, 6) is -0.0347. The van der Waals surface area contributed by atoms with E-state index >= 15 is 0 Å². The van der Waals surface area contributed by atoms with E-state index in [4.69, 9.17) is 69.6 Å². The zero-order chi connectivity index (χ0) is 13.6. The van der Waals surface area contributed by atoms with Crippen molar-refractivity contribution in [3.05, 3.63) is 35.8 Å². The predicted molar refractivity (Wildman–Crippen MR) is 78.0 cm³/mol. The van der Waals surface area contributed by atoms with Crippen molar-refractivity contribution < 1.29 is 0 Å². The molecule has 0 saturated carbocycles. The van der Waals surface area contributed by atoms with Gasteiger partial charge in [-0.1, -0.05) is 87.8 Å². The molecular weight excluding hydrogens is 361 g/mol. The third kappa shape index (κ3) is 3.06. The smallest absolute Gasteiger partial charge is 0.228 e. The summed E-state index contributed by atoms with van der Waals surface area (Å²) >= 11 is 34.9. The lowest BCUT2D eigenvalue weighted by Crippen LogP contribution is -2.14. The fraction of sp³-hybridized carbons (Fsp3) is 0.200. The zero-order valence-corrected chi connectivity index (χ0v) is 13.0. The molecule has 0 atom stereocenters. The third-order valence-corrected chi connectivity index (χ3v) is 3.17. The monoisotopic (exact) mass is 362 g/mol. The summed E-state index contributed by atoms with van der Waals surface area (Å²) < 4.78 is -3.51. The number of para-hydroxylation sites is 1. The number of nitrogens with zero attached hydrogens (tertiary/aromatic N) is 2. The van der Waals surface area contributed by atoms with E-state index < -0.39 is 7.59 Å². The molecule has 1 aromatic carbocycles. The van der Waals surface area contributed by atoms with Gasteiger partial charge in [0.05, 0.1) is 5.52 Å². The van der Waals surface area contributed by atoms with Crippen molar-refractivity contribution in [1.29, 1.82) is 0 Å². The van der Waals surface area contributed by atoms with E-state index in [-0.39, 0.29) is 11.5 Å². The maximum Gasteiger partial charge on any atom is 0.250 e. The Morgan fingerprint density at radius 1 is 0.778 bits per heavy atom. The van der Waals surface area contributed by atoms with Crippen molar-refractivity contribution >= 4 is 80.5 Å². The number of rotatable bonds is 0. The molecule has 0 radical (unpaired) electrons. The largest absolute Gasteiger partial charge is 0.250 e. The van der Waals surface area contributed by atoms with Crippen molar-refractivity contribution in [2.75, 3.05) is 0 Å². The maximum atomic E-state index is 5.87. The summed E-state index contributed by atoms with van der Waals surface area (Å²) in [5, 5.41) is 0.593. The highest BCUT2D eigenvalue weighted by Gasteiger charge is 2.33. The second-order valence-corrected chi connectivity index (χ2v) is 7.97. The second kappa shape index (κ2) is 5.01. The van der Waals surface area contributed by atoms with Gasteiger partial charge in [0.2, 0.25) is 7.59 Å². The first kappa shape index (κ1) is 14.7. The highest BCUT2D eigenvalue weighted by Crippen LogP contribution is 2.43. The van der Waals surface area contributed by atoms with Crippen LogP contribution in [0, 0.1) is 0 Å². The van der Waals surface area contributed by atoms with Crippen molar-refractivity contribution in [2.24, 2.45) is 0 Å². The molecule has 96 valence electrons. The van der Waals surface area contributed by atoms with E-state index in [1.807, 2.05) is 0 Å². The Kier molecular flexibility index (Phi) is 4.09. The highest BCUT2D eigenvalue weighted by molar-refractivity contribution is 6.67. The molecule has 0 unspecified atom stereocenters. The average molecular weight is 365 g/mol. The second-order valence-electron chi connectivity index (χ2n) is 3.41. The van der Waals surface area contributed by atoms with Crippen LogP contribution >= 0.6 is 69.6 Å². The van der Waals surface area contributed by atoms with E-state index in [0.717, 1.165) is 0 Å². The van der Waals surface area contributed by atoms with Crippen LogP contribution in [-0.4, -0.2) is 9.97 Å². The first-order valence-corrected chi connectivity index (χ1v) is 6.87. The van der Waals surface area contributed by atoms with Gasteiger partial charge in [0.15, 0.2) is 5.82 Å². The van der Waals surface area contributed by atoms with Crippen LogP contribution in [0.3, 0.4) is 0 Å². The molecular formula is C10H4Cl6N2. The Hall–Kier alpha value is 0.300. The van der Waals surface area contributed by atoms with Crippen LogP contribution in [0.25, 0.3) is 10.9 Å². The molecule has 0 aliphatic rings. The molecule has 1 heterocycles. The van der Waals surface area contributed by atoms with Crippen LogP contribution in [0.15, 0.2) is 24.3 Å². The van der Waals surface area contributed by atoms with Gasteiger partial charge in [-0.05, 0) is 6.07 Å². The van der Waals surface area contributed by atoms with Gasteiger partial charge in [-0.3, -0.25) is 0 Å². The van der Waals surface area contributed by atoms with E-state index in [9.17, 15) is 0 Å². The van der Waals surface area contributed by atoms with Gasteiger partial charge in [-0.2, -0.15) is 0 Å². The Labute approximate surface area is 133 Å². The summed E-state index contributed by atoms with van der Waals surface area (Å²) in [6, 6.07) is 7.01. The number of halogens is 6. The molecule has 0 N–H and O–H groups in total. The standard InChI is InChI=1S/C10H4Cl6N2/c11-9(12,13)7-5-3-1-2-4-6(5)17-8(18-7)10(14,15)16/h1-4H. The topological polar surface area (TPSA) is 25.8 Å². The molecule has 0 spiro atoms. The lowest BCUT2D eigenvalue weighted by Gasteiger charge is -2.17. The van der Waals surface area contributed by atoms with Gasteiger partial charge in [0, 0.05) is 5.39 Å². The summed E-state index contributed by atoms with van der Waals surface area (Å²) in [7, 11) is 0. The summed E-state index contributed by atoms with van der Waals surface area (Å²) in [6.07, 6.45) is 0. The first-order valence-electron chi connectivity index (χ1n) is 4.61. The number of hydrogen-bond acceptors (Lipinski definition) is 2. The SMILES string of the molecule is ClC(Cl)(Cl)c1nc(C(Cl)(Cl)Cl)c2ccccc2n1. The first-order chi connectivity index (χ1) is 8.19. The van der Waals surface area contributed by atoms with Crippen LogP contribution in [0.4, 0.5) is 0 Å². The minimum Gasteiger partial charge on any atom is -0.228 e. The van der Waals surface area contributed by atoms with Gasteiger partial charge >= 0.3 is 0 Å². The maximum absolute atomic E-state index is 5.87. The Morgan fingerprint density at radius 2 is 1.39 bits per heavy atom. The molecule has 2 nitrogen and oxygen atoms in total. The number of benzene rings is 1. The van der Waals surface area contributed by atoms with Crippen molar-refractivity contribution in [2.45, 2.75) is 7.59 Å². The molecule has 2 aromatic rings. The summed E-state index contributed by atoms with van der Waals surface area (Å²) in [6.45, 7) is 0. The predicted octanol–water partition coefficient (Wildman–Crippen LogP) is 5.28. The molecule has 0 fully saturated rings. The molecule has 18 heavy (non-hydrogen) atoms. The highest BCUT2D eigenvalue weighted by atomic mass is 35.6. The van der Waals surface area contributed by atoms with E-state index in [1.54, 1.807) is 24.3 Å². The molecule has 1 aromatic heterocycles. The van der Waals surface area contributed by atoms with Gasteiger partial charge in [0.25, 0.3) is 0 Å². The zero-order valence-electron chi connectivity index (χ0n) is 8.47. The lowest BCUT2D eigenvalue weighted by molar-refractivity contribution is 0.944. The van der Waals surface area contributed by atoms with Crippen molar-refractivity contribution in [3.8, 4) is 0 Å². The fourth-order valence-corrected chi connectivity index (χ4v) is 2.11. The van der Waals surface area contributed by atoms with Gasteiger partial charge in [0.1, 0.15) is 5.69 Å². The van der Waals surface area contributed by atoms with Crippen molar-refractivity contribution in [1.82, 2.24) is 9.97 Å². The summed E-state index contributed by atoms with van der Waals surface area (Å²) in [5.41, 5.74) is 0.717. The number of aromatic nitrogens is 2. The quantitative estimate of drug-likeness (QED) is 0.594. The van der Waals surface area contributed by atoms with E-state index in [0.29, 0.717) is 10.9 Å². The molecule has 8 heteroatoms. The number of alkyl halides is 6. The van der Waals surface area contributed by atoms with Crippen LogP contribution in [0.2, 0.25) is 0 Å². The molecule has 2 rings (SSSR count). The fourth-order valence-electron chi connectivity index (χ4n) is 1.42. The van der Waals surface area contributed by atoms with Crippen LogP contribution in [-0.2, 0) is 7.59 Å². The minimum absolute atomic E-state index is 0.0347. The average Bonchev–Trinajstić information content (AvgIpc) is 2.25. The van der Waals surface area contributed by atoms with Gasteiger partial charge in [-0.25, -0.2) is 9.97 Å². The lowest BCUT2D eigenvalue weighted by atomic mass is 10.2.